The number of fused-ring (bicyclic) bond motifs is 1. The molecule has 0 bridgehead atoms. The Morgan fingerprint density at radius 3 is 2.52 bits per heavy atom. The first kappa shape index (κ1) is 17.2. The molecule has 0 spiro atoms. The maximum absolute atomic E-state index is 13.9. The molecule has 1 aliphatic carbocycles. The molecule has 1 aliphatic rings. The second kappa shape index (κ2) is 5.80. The number of alkyl halides is 1. The highest BCUT2D eigenvalue weighted by Crippen LogP contribution is 2.42. The lowest BCUT2D eigenvalue weighted by atomic mass is 10.1. The van der Waals surface area contributed by atoms with E-state index in [0.29, 0.717) is 6.07 Å². The van der Waals surface area contributed by atoms with Crippen molar-refractivity contribution in [3.63, 3.8) is 0 Å². The molecule has 1 aromatic heterocycles. The number of aromatic carboxylic acids is 1. The molecule has 3 rings (SSSR count). The van der Waals surface area contributed by atoms with E-state index in [2.05, 4.69) is 0 Å². The van der Waals surface area contributed by atoms with Crippen LogP contribution >= 0.6 is 13.5 Å². The fraction of sp³-hybridized carbons (Fsp3) is 0.286. The van der Waals surface area contributed by atoms with Crippen LogP contribution in [0.25, 0.3) is 10.9 Å². The molecule has 0 saturated heterocycles. The molecule has 1 fully saturated rings. The second-order valence-electron chi connectivity index (χ2n) is 5.01. The van der Waals surface area contributed by atoms with Crippen LogP contribution in [-0.2, 0) is 0 Å². The number of hydrogen-bond acceptors (Lipinski definition) is 3. The van der Waals surface area contributed by atoms with Crippen LogP contribution in [0.4, 0.5) is 13.2 Å². The zero-order valence-corrected chi connectivity index (χ0v) is 12.8. The highest BCUT2D eigenvalue weighted by Gasteiger charge is 2.41. The summed E-state index contributed by atoms with van der Waals surface area (Å²) in [5.74, 6) is -4.74. The number of carboxylic acid groups (broad SMARTS) is 1. The third-order valence-electron chi connectivity index (χ3n) is 3.64. The molecule has 9 heteroatoms. The van der Waals surface area contributed by atoms with E-state index in [4.69, 9.17) is 9.84 Å². The van der Waals surface area contributed by atoms with Crippen molar-refractivity contribution in [1.82, 2.24) is 4.57 Å². The predicted molar refractivity (Wildman–Crippen MR) is 80.6 cm³/mol. The molecule has 1 saturated carbocycles. The highest BCUT2D eigenvalue weighted by molar-refractivity contribution is 7.59. The maximum Gasteiger partial charge on any atom is 0.341 e. The van der Waals surface area contributed by atoms with Crippen molar-refractivity contribution < 1.29 is 27.8 Å². The molecule has 23 heavy (non-hydrogen) atoms. The topological polar surface area (TPSA) is 68.5 Å². The maximum atomic E-state index is 13.9. The van der Waals surface area contributed by atoms with Gasteiger partial charge in [-0.05, 0) is 6.07 Å². The molecular formula is C14H12F3NO4S. The summed E-state index contributed by atoms with van der Waals surface area (Å²) in [5, 5.41) is 8.70. The average Bonchev–Trinajstić information content (AvgIpc) is 3.18. The van der Waals surface area contributed by atoms with Gasteiger partial charge in [0.25, 0.3) is 0 Å². The largest absolute Gasteiger partial charge is 0.491 e. The molecule has 0 aliphatic heterocycles. The van der Waals surface area contributed by atoms with Gasteiger partial charge >= 0.3 is 5.97 Å². The second-order valence-corrected chi connectivity index (χ2v) is 5.01. The van der Waals surface area contributed by atoms with Gasteiger partial charge in [-0.3, -0.25) is 4.79 Å². The molecule has 2 atom stereocenters. The monoisotopic (exact) mass is 347 g/mol. The molecule has 2 aromatic rings. The molecule has 0 unspecified atom stereocenters. The van der Waals surface area contributed by atoms with E-state index in [1.54, 1.807) is 0 Å². The first-order valence-electron chi connectivity index (χ1n) is 6.35. The van der Waals surface area contributed by atoms with Crippen molar-refractivity contribution in [2.45, 2.75) is 18.6 Å². The standard InChI is InChI=1S/C14H10F3NO4.H2S/c1-22-13-10(17)8(16)2-5-11(13)18(9-3-7(9)15)4-6(12(5)19)14(20)21;/h2,4,7,9H,3H2,1H3,(H,20,21);1H2/t7-,9+;/m0./s1. The van der Waals surface area contributed by atoms with Gasteiger partial charge in [0, 0.05) is 12.6 Å². The Hall–Kier alpha value is -2.16. The number of halogens is 3. The number of nitrogens with zero attached hydrogens (tertiary/aromatic N) is 1. The number of ether oxygens (including phenoxy) is 1. The van der Waals surface area contributed by atoms with Crippen LogP contribution in [-0.4, -0.2) is 28.9 Å². The zero-order chi connectivity index (χ0) is 16.2. The highest BCUT2D eigenvalue weighted by atomic mass is 32.1. The van der Waals surface area contributed by atoms with Gasteiger partial charge in [0.05, 0.1) is 24.1 Å². The Morgan fingerprint density at radius 1 is 1.43 bits per heavy atom. The molecule has 1 aromatic carbocycles. The number of methoxy groups -OCH3 is 1. The molecule has 5 nitrogen and oxygen atoms in total. The summed E-state index contributed by atoms with van der Waals surface area (Å²) >= 11 is 0. The van der Waals surface area contributed by atoms with E-state index in [1.807, 2.05) is 0 Å². The minimum absolute atomic E-state index is 0. The van der Waals surface area contributed by atoms with E-state index in [1.165, 1.54) is 0 Å². The van der Waals surface area contributed by atoms with E-state index in [0.717, 1.165) is 17.9 Å². The normalized spacial score (nSPS) is 19.3. The summed E-state index contributed by atoms with van der Waals surface area (Å²) in [6.45, 7) is 0. The summed E-state index contributed by atoms with van der Waals surface area (Å²) < 4.78 is 46.8. The van der Waals surface area contributed by atoms with Gasteiger partial charge in [0.1, 0.15) is 11.7 Å². The summed E-state index contributed by atoms with van der Waals surface area (Å²) in [7, 11) is 1.08. The molecular weight excluding hydrogens is 335 g/mol. The fourth-order valence-electron chi connectivity index (χ4n) is 2.47. The van der Waals surface area contributed by atoms with Gasteiger partial charge in [0.15, 0.2) is 11.6 Å². The molecule has 0 amide bonds. The lowest BCUT2D eigenvalue weighted by Gasteiger charge is -2.15. The Morgan fingerprint density at radius 2 is 2.04 bits per heavy atom. The van der Waals surface area contributed by atoms with Crippen LogP contribution in [0.1, 0.15) is 22.8 Å². The number of benzene rings is 1. The summed E-state index contributed by atoms with van der Waals surface area (Å²) in [5.41, 5.74) is -1.77. The van der Waals surface area contributed by atoms with Crippen molar-refractivity contribution in [1.29, 1.82) is 0 Å². The zero-order valence-electron chi connectivity index (χ0n) is 11.8. The lowest BCUT2D eigenvalue weighted by Crippen LogP contribution is -2.20. The van der Waals surface area contributed by atoms with Crippen LogP contribution in [0.3, 0.4) is 0 Å². The smallest absolute Gasteiger partial charge is 0.341 e. The van der Waals surface area contributed by atoms with Crippen LogP contribution < -0.4 is 10.2 Å². The number of aromatic nitrogens is 1. The van der Waals surface area contributed by atoms with E-state index in [-0.39, 0.29) is 30.8 Å². The first-order chi connectivity index (χ1) is 10.4. The van der Waals surface area contributed by atoms with Gasteiger partial charge in [-0.1, -0.05) is 0 Å². The first-order valence-corrected chi connectivity index (χ1v) is 6.35. The Kier molecular flexibility index (Phi) is 4.34. The average molecular weight is 347 g/mol. The quantitative estimate of drug-likeness (QED) is 0.926. The van der Waals surface area contributed by atoms with Crippen LogP contribution in [0.15, 0.2) is 17.1 Å². The predicted octanol–water partition coefficient (Wildman–Crippen LogP) is 2.38. The van der Waals surface area contributed by atoms with E-state index >= 15 is 0 Å². The van der Waals surface area contributed by atoms with Crippen molar-refractivity contribution in [2.24, 2.45) is 0 Å². The van der Waals surface area contributed by atoms with Crippen molar-refractivity contribution in [3.8, 4) is 5.75 Å². The minimum Gasteiger partial charge on any atom is -0.491 e. The Balaban J connectivity index is 0.00000192. The van der Waals surface area contributed by atoms with Gasteiger partial charge in [-0.2, -0.15) is 17.9 Å². The van der Waals surface area contributed by atoms with Crippen molar-refractivity contribution in [2.75, 3.05) is 7.11 Å². The molecule has 1 N–H and O–H groups in total. The summed E-state index contributed by atoms with van der Waals surface area (Å²) in [4.78, 5) is 23.3. The third-order valence-corrected chi connectivity index (χ3v) is 3.64. The summed E-state index contributed by atoms with van der Waals surface area (Å²) in [6.07, 6.45) is -0.207. The van der Waals surface area contributed by atoms with Gasteiger partial charge in [-0.15, -0.1) is 0 Å². The molecule has 1 heterocycles. The van der Waals surface area contributed by atoms with Crippen LogP contribution in [0.2, 0.25) is 0 Å². The number of pyridine rings is 1. The third kappa shape index (κ3) is 2.54. The Labute approximate surface area is 134 Å². The fourth-order valence-corrected chi connectivity index (χ4v) is 2.47. The van der Waals surface area contributed by atoms with Crippen molar-refractivity contribution in [3.05, 3.63) is 39.7 Å². The number of hydrogen-bond donors (Lipinski definition) is 1. The van der Waals surface area contributed by atoms with E-state index < -0.39 is 46.6 Å². The minimum atomic E-state index is -1.53. The van der Waals surface area contributed by atoms with Gasteiger partial charge in [0.2, 0.25) is 11.2 Å². The summed E-state index contributed by atoms with van der Waals surface area (Å²) in [6, 6.07) is -0.131. The van der Waals surface area contributed by atoms with Crippen LogP contribution in [0.5, 0.6) is 5.75 Å². The number of carboxylic acids is 1. The van der Waals surface area contributed by atoms with Crippen molar-refractivity contribution >= 4 is 30.4 Å². The van der Waals surface area contributed by atoms with E-state index in [9.17, 15) is 22.8 Å². The van der Waals surface area contributed by atoms with Gasteiger partial charge < -0.3 is 14.4 Å². The van der Waals surface area contributed by atoms with Crippen LogP contribution in [0, 0.1) is 11.6 Å². The SMILES string of the molecule is COc1c(F)c(F)cc2c(=O)c(C(=O)O)cn([C@@H]3C[C@@H]3F)c12.S. The molecule has 124 valence electrons. The molecule has 0 radical (unpaired) electrons. The Bertz CT molecular complexity index is 867. The van der Waals surface area contributed by atoms with Gasteiger partial charge in [-0.25, -0.2) is 13.6 Å². The number of carbonyl (C=O) groups is 1. The lowest BCUT2D eigenvalue weighted by molar-refractivity contribution is 0.0694. The number of rotatable bonds is 3.